The van der Waals surface area contributed by atoms with E-state index in [0.29, 0.717) is 29.8 Å². The molecule has 0 aliphatic carbocycles. The molecule has 2 amide bonds. The van der Waals surface area contributed by atoms with Gasteiger partial charge in [-0.3, -0.25) is 14.5 Å². The SMILES string of the molecule is CCOc1cccc(NC(=O)C[C@@H]2SC(=Nc3ccccc3)N(Cc3ccc(OC)cc3)C2=O)c1. The molecule has 0 spiro atoms. The minimum Gasteiger partial charge on any atom is -0.497 e. The highest BCUT2D eigenvalue weighted by Gasteiger charge is 2.39. The molecule has 0 aromatic heterocycles. The molecule has 4 rings (SSSR count). The number of amides is 2. The summed E-state index contributed by atoms with van der Waals surface area (Å²) in [6.07, 6.45) is 0.0370. The van der Waals surface area contributed by atoms with Gasteiger partial charge in [-0.05, 0) is 48.9 Å². The number of rotatable bonds is 9. The molecule has 35 heavy (non-hydrogen) atoms. The van der Waals surface area contributed by atoms with Crippen LogP contribution in [0.4, 0.5) is 11.4 Å². The number of para-hydroxylation sites is 1. The van der Waals surface area contributed by atoms with Gasteiger partial charge in [0.25, 0.3) is 0 Å². The van der Waals surface area contributed by atoms with Crippen LogP contribution in [0.25, 0.3) is 0 Å². The fourth-order valence-corrected chi connectivity index (χ4v) is 4.76. The molecule has 1 atom stereocenters. The summed E-state index contributed by atoms with van der Waals surface area (Å²) in [6, 6.07) is 24.2. The summed E-state index contributed by atoms with van der Waals surface area (Å²) in [4.78, 5) is 32.5. The lowest BCUT2D eigenvalue weighted by molar-refractivity contribution is -0.128. The third-order valence-electron chi connectivity index (χ3n) is 5.30. The molecule has 1 N–H and O–H groups in total. The van der Waals surface area contributed by atoms with E-state index in [1.165, 1.54) is 11.8 Å². The van der Waals surface area contributed by atoms with E-state index >= 15 is 0 Å². The zero-order valence-corrected chi connectivity index (χ0v) is 20.5. The third-order valence-corrected chi connectivity index (χ3v) is 6.48. The molecule has 7 nitrogen and oxygen atoms in total. The van der Waals surface area contributed by atoms with Crippen LogP contribution in [-0.4, -0.2) is 40.8 Å². The molecule has 0 saturated carbocycles. The van der Waals surface area contributed by atoms with E-state index in [1.54, 1.807) is 24.1 Å². The zero-order valence-electron chi connectivity index (χ0n) is 19.6. The second-order valence-electron chi connectivity index (χ2n) is 7.82. The fourth-order valence-electron chi connectivity index (χ4n) is 3.61. The minimum absolute atomic E-state index is 0.0370. The summed E-state index contributed by atoms with van der Waals surface area (Å²) in [7, 11) is 1.61. The van der Waals surface area contributed by atoms with E-state index in [1.807, 2.05) is 73.7 Å². The number of ether oxygens (including phenoxy) is 2. The van der Waals surface area contributed by atoms with Crippen molar-refractivity contribution in [3.8, 4) is 11.5 Å². The summed E-state index contributed by atoms with van der Waals surface area (Å²) in [6.45, 7) is 2.80. The van der Waals surface area contributed by atoms with Crippen molar-refractivity contribution < 1.29 is 19.1 Å². The predicted molar refractivity (Wildman–Crippen MR) is 139 cm³/mol. The van der Waals surface area contributed by atoms with Gasteiger partial charge in [0.2, 0.25) is 11.8 Å². The average Bonchev–Trinajstić information content (AvgIpc) is 3.14. The summed E-state index contributed by atoms with van der Waals surface area (Å²) < 4.78 is 10.7. The maximum atomic E-state index is 13.4. The van der Waals surface area contributed by atoms with Crippen LogP contribution in [0.15, 0.2) is 83.9 Å². The fraction of sp³-hybridized carbons (Fsp3) is 0.222. The standard InChI is InChI=1S/C27H27N3O4S/c1-3-34-23-11-7-10-21(16-23)28-25(31)17-24-26(32)30(18-19-12-14-22(33-2)15-13-19)27(35-24)29-20-8-5-4-6-9-20/h4-16,24H,3,17-18H2,1-2H3,(H,28,31)/t24-/m0/s1. The summed E-state index contributed by atoms with van der Waals surface area (Å²) in [5.74, 6) is 1.05. The molecule has 1 aliphatic rings. The molecule has 3 aromatic rings. The number of thioether (sulfide) groups is 1. The molecular formula is C27H27N3O4S. The second kappa shape index (κ2) is 11.6. The third kappa shape index (κ3) is 6.42. The molecular weight excluding hydrogens is 462 g/mol. The van der Waals surface area contributed by atoms with Crippen LogP contribution in [0.1, 0.15) is 18.9 Å². The quantitative estimate of drug-likeness (QED) is 0.444. The summed E-state index contributed by atoms with van der Waals surface area (Å²) >= 11 is 1.31. The molecule has 1 heterocycles. The molecule has 8 heteroatoms. The van der Waals surface area contributed by atoms with E-state index in [0.717, 1.165) is 17.0 Å². The molecule has 3 aromatic carbocycles. The number of benzene rings is 3. The van der Waals surface area contributed by atoms with E-state index in [2.05, 4.69) is 5.32 Å². The summed E-state index contributed by atoms with van der Waals surface area (Å²) in [5, 5.41) is 2.89. The van der Waals surface area contributed by atoms with Gasteiger partial charge in [-0.1, -0.05) is 48.2 Å². The average molecular weight is 490 g/mol. The van der Waals surface area contributed by atoms with Crippen molar-refractivity contribution >= 4 is 40.1 Å². The van der Waals surface area contributed by atoms with Crippen molar-refractivity contribution in [2.24, 2.45) is 4.99 Å². The maximum absolute atomic E-state index is 13.4. The smallest absolute Gasteiger partial charge is 0.242 e. The van der Waals surface area contributed by atoms with E-state index < -0.39 is 5.25 Å². The van der Waals surface area contributed by atoms with E-state index in [4.69, 9.17) is 14.5 Å². The Hall–Kier alpha value is -3.78. The number of anilines is 1. The Morgan fingerprint density at radius 3 is 2.51 bits per heavy atom. The maximum Gasteiger partial charge on any atom is 0.242 e. The lowest BCUT2D eigenvalue weighted by Crippen LogP contribution is -2.33. The van der Waals surface area contributed by atoms with Crippen LogP contribution in [0.5, 0.6) is 11.5 Å². The number of nitrogens with one attached hydrogen (secondary N) is 1. The normalized spacial score (nSPS) is 16.4. The number of carbonyl (C=O) groups is 2. The van der Waals surface area contributed by atoms with Gasteiger partial charge in [-0.15, -0.1) is 0 Å². The van der Waals surface area contributed by atoms with E-state index in [9.17, 15) is 9.59 Å². The number of nitrogens with zero attached hydrogens (tertiary/aromatic N) is 2. The molecule has 0 unspecified atom stereocenters. The van der Waals surface area contributed by atoms with Gasteiger partial charge in [-0.25, -0.2) is 4.99 Å². The molecule has 1 saturated heterocycles. The first-order chi connectivity index (χ1) is 17.1. The molecule has 1 aliphatic heterocycles. The van der Waals surface area contributed by atoms with Crippen molar-refractivity contribution in [1.82, 2.24) is 4.90 Å². The Balaban J connectivity index is 1.50. The zero-order chi connectivity index (χ0) is 24.6. The molecule has 1 fully saturated rings. The van der Waals surface area contributed by atoms with Gasteiger partial charge in [0.05, 0.1) is 25.9 Å². The first kappa shape index (κ1) is 24.3. The van der Waals surface area contributed by atoms with Crippen LogP contribution in [0.3, 0.4) is 0 Å². The number of amidine groups is 1. The van der Waals surface area contributed by atoms with Gasteiger partial charge < -0.3 is 14.8 Å². The predicted octanol–water partition coefficient (Wildman–Crippen LogP) is 5.25. The van der Waals surface area contributed by atoms with Gasteiger partial charge in [-0.2, -0.15) is 0 Å². The van der Waals surface area contributed by atoms with Gasteiger partial charge in [0.15, 0.2) is 5.17 Å². The van der Waals surface area contributed by atoms with Crippen LogP contribution in [0.2, 0.25) is 0 Å². The van der Waals surface area contributed by atoms with Crippen LogP contribution >= 0.6 is 11.8 Å². The Morgan fingerprint density at radius 1 is 1.03 bits per heavy atom. The van der Waals surface area contributed by atoms with Crippen molar-refractivity contribution in [3.05, 3.63) is 84.4 Å². The highest BCUT2D eigenvalue weighted by molar-refractivity contribution is 8.15. The highest BCUT2D eigenvalue weighted by atomic mass is 32.2. The van der Waals surface area contributed by atoms with Gasteiger partial charge in [0.1, 0.15) is 16.7 Å². The summed E-state index contributed by atoms with van der Waals surface area (Å²) in [5.41, 5.74) is 2.32. The van der Waals surface area contributed by atoms with Crippen LogP contribution in [0, 0.1) is 0 Å². The van der Waals surface area contributed by atoms with Crippen LogP contribution < -0.4 is 14.8 Å². The monoisotopic (exact) mass is 489 g/mol. The number of carbonyl (C=O) groups excluding carboxylic acids is 2. The van der Waals surface area contributed by atoms with Gasteiger partial charge in [0, 0.05) is 18.2 Å². The van der Waals surface area contributed by atoms with Crippen molar-refractivity contribution in [2.75, 3.05) is 19.0 Å². The number of hydrogen-bond donors (Lipinski definition) is 1. The van der Waals surface area contributed by atoms with Crippen molar-refractivity contribution in [2.45, 2.75) is 25.1 Å². The Morgan fingerprint density at radius 2 is 1.80 bits per heavy atom. The van der Waals surface area contributed by atoms with Crippen LogP contribution in [-0.2, 0) is 16.1 Å². The number of aliphatic imine (C=N–C) groups is 1. The molecule has 0 radical (unpaired) electrons. The lowest BCUT2D eigenvalue weighted by Gasteiger charge is -2.17. The highest BCUT2D eigenvalue weighted by Crippen LogP contribution is 2.33. The minimum atomic E-state index is -0.564. The second-order valence-corrected chi connectivity index (χ2v) is 8.99. The first-order valence-corrected chi connectivity index (χ1v) is 12.2. The Labute approximate surface area is 209 Å². The Bertz CT molecular complexity index is 1200. The Kier molecular flexibility index (Phi) is 8.05. The van der Waals surface area contributed by atoms with E-state index in [-0.39, 0.29) is 18.2 Å². The first-order valence-electron chi connectivity index (χ1n) is 11.3. The van der Waals surface area contributed by atoms with Gasteiger partial charge >= 0.3 is 0 Å². The number of methoxy groups -OCH3 is 1. The molecule has 0 bridgehead atoms. The van der Waals surface area contributed by atoms with Crippen molar-refractivity contribution in [1.29, 1.82) is 0 Å². The lowest BCUT2D eigenvalue weighted by atomic mass is 10.2. The molecule has 180 valence electrons. The number of hydrogen-bond acceptors (Lipinski definition) is 6. The van der Waals surface area contributed by atoms with Crippen molar-refractivity contribution in [3.63, 3.8) is 0 Å². The largest absolute Gasteiger partial charge is 0.497 e. The topological polar surface area (TPSA) is 80.2 Å².